The first-order chi connectivity index (χ1) is 7.18. The van der Waals surface area contributed by atoms with Crippen LogP contribution in [0.1, 0.15) is 19.8 Å². The molecule has 0 heterocycles. The van der Waals surface area contributed by atoms with Crippen molar-refractivity contribution >= 4 is 11.6 Å². The predicted molar refractivity (Wildman–Crippen MR) is 60.7 cm³/mol. The zero-order chi connectivity index (χ0) is 10.7. The van der Waals surface area contributed by atoms with E-state index >= 15 is 0 Å². The van der Waals surface area contributed by atoms with Crippen LogP contribution in [0.4, 0.5) is 5.69 Å². The van der Waals surface area contributed by atoms with Gasteiger partial charge in [-0.2, -0.15) is 0 Å². The van der Waals surface area contributed by atoms with Crippen molar-refractivity contribution in [2.24, 2.45) is 0 Å². The second-order valence-electron chi connectivity index (χ2n) is 4.33. The van der Waals surface area contributed by atoms with Gasteiger partial charge in [0.15, 0.2) is 0 Å². The van der Waals surface area contributed by atoms with Gasteiger partial charge in [-0.15, -0.1) is 0 Å². The van der Waals surface area contributed by atoms with E-state index in [0.717, 1.165) is 5.69 Å². The maximum Gasteiger partial charge on any atom is 0.238 e. The van der Waals surface area contributed by atoms with Crippen LogP contribution >= 0.6 is 0 Å². The van der Waals surface area contributed by atoms with Crippen molar-refractivity contribution in [1.29, 1.82) is 0 Å². The van der Waals surface area contributed by atoms with Gasteiger partial charge < -0.3 is 10.6 Å². The minimum absolute atomic E-state index is 0.0225. The summed E-state index contributed by atoms with van der Waals surface area (Å²) in [6.45, 7) is 2.54. The summed E-state index contributed by atoms with van der Waals surface area (Å²) in [5.41, 5.74) is 1.07. The quantitative estimate of drug-likeness (QED) is 0.784. The van der Waals surface area contributed by atoms with Crippen LogP contribution < -0.4 is 10.6 Å². The molecule has 0 radical (unpaired) electrons. The lowest BCUT2D eigenvalue weighted by Gasteiger charge is -2.11. The average Bonchev–Trinajstić information content (AvgIpc) is 2.96. The van der Waals surface area contributed by atoms with E-state index < -0.39 is 0 Å². The molecule has 1 aliphatic rings. The molecule has 0 spiro atoms. The average molecular weight is 204 g/mol. The lowest BCUT2D eigenvalue weighted by atomic mass is 10.3. The van der Waals surface area contributed by atoms with Crippen LogP contribution in [0.25, 0.3) is 0 Å². The molecule has 0 atom stereocenters. The highest BCUT2D eigenvalue weighted by Crippen LogP contribution is 2.33. The first-order valence-electron chi connectivity index (χ1n) is 5.28. The molecule has 15 heavy (non-hydrogen) atoms. The van der Waals surface area contributed by atoms with E-state index in [1.807, 2.05) is 30.3 Å². The molecule has 2 N–H and O–H groups in total. The minimum atomic E-state index is 0.0225. The Hall–Kier alpha value is -1.35. The SMILES string of the molecule is CC1(NCC(=O)Nc2ccccc2)CC1. The summed E-state index contributed by atoms with van der Waals surface area (Å²) in [4.78, 5) is 11.5. The molecule has 0 bridgehead atoms. The molecule has 80 valence electrons. The van der Waals surface area contributed by atoms with Gasteiger partial charge in [0.2, 0.25) is 5.91 Å². The van der Waals surface area contributed by atoms with E-state index in [1.54, 1.807) is 0 Å². The molecule has 1 aliphatic carbocycles. The summed E-state index contributed by atoms with van der Waals surface area (Å²) in [6, 6.07) is 9.52. The maximum absolute atomic E-state index is 11.5. The van der Waals surface area contributed by atoms with Gasteiger partial charge in [0.1, 0.15) is 0 Å². The second-order valence-corrected chi connectivity index (χ2v) is 4.33. The lowest BCUT2D eigenvalue weighted by molar-refractivity contribution is -0.115. The third-order valence-electron chi connectivity index (χ3n) is 2.73. The highest BCUT2D eigenvalue weighted by Gasteiger charge is 2.36. The van der Waals surface area contributed by atoms with Gasteiger partial charge in [-0.3, -0.25) is 4.79 Å². The summed E-state index contributed by atoms with van der Waals surface area (Å²) in [5.74, 6) is 0.0225. The first kappa shape index (κ1) is 10.2. The molecule has 0 unspecified atom stereocenters. The molecule has 3 heteroatoms. The molecule has 3 nitrogen and oxygen atoms in total. The van der Waals surface area contributed by atoms with Crippen molar-refractivity contribution in [3.8, 4) is 0 Å². The summed E-state index contributed by atoms with van der Waals surface area (Å²) in [6.07, 6.45) is 2.34. The Morgan fingerprint density at radius 3 is 2.60 bits per heavy atom. The Morgan fingerprint density at radius 1 is 1.33 bits per heavy atom. The Kier molecular flexibility index (Phi) is 2.73. The Morgan fingerprint density at radius 2 is 2.00 bits per heavy atom. The largest absolute Gasteiger partial charge is 0.325 e. The summed E-state index contributed by atoms with van der Waals surface area (Å²) in [7, 11) is 0. The normalized spacial score (nSPS) is 17.1. The second kappa shape index (κ2) is 4.03. The van der Waals surface area contributed by atoms with E-state index in [0.29, 0.717) is 6.54 Å². The van der Waals surface area contributed by atoms with Gasteiger partial charge in [0, 0.05) is 11.2 Å². The lowest BCUT2D eigenvalue weighted by Crippen LogP contribution is -2.35. The van der Waals surface area contributed by atoms with Crippen molar-refractivity contribution in [2.45, 2.75) is 25.3 Å². The Balaban J connectivity index is 1.77. The van der Waals surface area contributed by atoms with Crippen LogP contribution in [0.2, 0.25) is 0 Å². The molecule has 1 amide bonds. The molecule has 0 aromatic heterocycles. The van der Waals surface area contributed by atoms with Crippen LogP contribution in [0.3, 0.4) is 0 Å². The molecule has 1 aromatic carbocycles. The molecule has 1 fully saturated rings. The predicted octanol–water partition coefficient (Wildman–Crippen LogP) is 1.77. The van der Waals surface area contributed by atoms with E-state index in [4.69, 9.17) is 0 Å². The number of rotatable bonds is 4. The van der Waals surface area contributed by atoms with Gasteiger partial charge in [-0.25, -0.2) is 0 Å². The fourth-order valence-corrected chi connectivity index (χ4v) is 1.38. The van der Waals surface area contributed by atoms with Gasteiger partial charge >= 0.3 is 0 Å². The maximum atomic E-state index is 11.5. The zero-order valence-corrected chi connectivity index (χ0v) is 8.92. The van der Waals surface area contributed by atoms with Gasteiger partial charge in [0.05, 0.1) is 6.54 Å². The summed E-state index contributed by atoms with van der Waals surface area (Å²) >= 11 is 0. The molecular formula is C12H16N2O. The third-order valence-corrected chi connectivity index (χ3v) is 2.73. The molecule has 0 aliphatic heterocycles. The topological polar surface area (TPSA) is 41.1 Å². The van der Waals surface area contributed by atoms with Crippen LogP contribution in [-0.4, -0.2) is 18.0 Å². The smallest absolute Gasteiger partial charge is 0.238 e. The number of nitrogens with one attached hydrogen (secondary N) is 2. The number of benzene rings is 1. The molecule has 0 saturated heterocycles. The van der Waals surface area contributed by atoms with Crippen LogP contribution in [0.15, 0.2) is 30.3 Å². The highest BCUT2D eigenvalue weighted by molar-refractivity contribution is 5.92. The summed E-state index contributed by atoms with van der Waals surface area (Å²) < 4.78 is 0. The van der Waals surface area contributed by atoms with Crippen molar-refractivity contribution in [2.75, 3.05) is 11.9 Å². The number of carbonyl (C=O) groups is 1. The standard InChI is InChI=1S/C12H16N2O/c1-12(7-8-12)13-9-11(15)14-10-5-3-2-4-6-10/h2-6,13H,7-9H2,1H3,(H,14,15). The van der Waals surface area contributed by atoms with Gasteiger partial charge in [0.25, 0.3) is 0 Å². The number of anilines is 1. The number of para-hydroxylation sites is 1. The Bertz CT molecular complexity index is 344. The molecule has 1 aromatic rings. The number of carbonyl (C=O) groups excluding carboxylic acids is 1. The van der Waals surface area contributed by atoms with E-state index in [-0.39, 0.29) is 11.4 Å². The van der Waals surface area contributed by atoms with Crippen molar-refractivity contribution in [3.63, 3.8) is 0 Å². The van der Waals surface area contributed by atoms with Crippen molar-refractivity contribution in [3.05, 3.63) is 30.3 Å². The van der Waals surface area contributed by atoms with Crippen LogP contribution in [0.5, 0.6) is 0 Å². The minimum Gasteiger partial charge on any atom is -0.325 e. The van der Waals surface area contributed by atoms with E-state index in [2.05, 4.69) is 17.6 Å². The first-order valence-corrected chi connectivity index (χ1v) is 5.28. The summed E-state index contributed by atoms with van der Waals surface area (Å²) in [5, 5.41) is 6.08. The molecule has 1 saturated carbocycles. The zero-order valence-electron chi connectivity index (χ0n) is 8.92. The fourth-order valence-electron chi connectivity index (χ4n) is 1.38. The highest BCUT2D eigenvalue weighted by atomic mass is 16.1. The van der Waals surface area contributed by atoms with Crippen molar-refractivity contribution < 1.29 is 4.79 Å². The number of amides is 1. The number of hydrogen-bond donors (Lipinski definition) is 2. The molecular weight excluding hydrogens is 188 g/mol. The fraction of sp³-hybridized carbons (Fsp3) is 0.417. The van der Waals surface area contributed by atoms with E-state index in [9.17, 15) is 4.79 Å². The van der Waals surface area contributed by atoms with Crippen LogP contribution in [0, 0.1) is 0 Å². The van der Waals surface area contributed by atoms with Gasteiger partial charge in [-0.1, -0.05) is 18.2 Å². The third kappa shape index (κ3) is 3.06. The van der Waals surface area contributed by atoms with Crippen molar-refractivity contribution in [1.82, 2.24) is 5.32 Å². The van der Waals surface area contributed by atoms with Crippen LogP contribution in [-0.2, 0) is 4.79 Å². The Labute approximate surface area is 89.9 Å². The monoisotopic (exact) mass is 204 g/mol. The van der Waals surface area contributed by atoms with Gasteiger partial charge in [-0.05, 0) is 31.9 Å². The molecule has 2 rings (SSSR count). The number of hydrogen-bond acceptors (Lipinski definition) is 2. The van der Waals surface area contributed by atoms with E-state index in [1.165, 1.54) is 12.8 Å².